The number of nitrogens with zero attached hydrogens (tertiary/aromatic N) is 5. The second-order valence-electron chi connectivity index (χ2n) is 7.21. The maximum atomic E-state index is 13.5. The van der Waals surface area contributed by atoms with Crippen molar-refractivity contribution in [3.63, 3.8) is 0 Å². The van der Waals surface area contributed by atoms with Gasteiger partial charge in [-0.25, -0.2) is 4.39 Å². The average Bonchev–Trinajstić information content (AvgIpc) is 3.25. The summed E-state index contributed by atoms with van der Waals surface area (Å²) >= 11 is 0. The molecule has 4 aromatic rings. The van der Waals surface area contributed by atoms with Crippen LogP contribution in [-0.2, 0) is 0 Å². The molecule has 9 heteroatoms. The van der Waals surface area contributed by atoms with E-state index in [1.54, 1.807) is 36.7 Å². The number of benzene rings is 1. The van der Waals surface area contributed by atoms with Crippen molar-refractivity contribution in [2.45, 2.75) is 19.9 Å². The maximum Gasteiger partial charge on any atom is 0.233 e. The Bertz CT molecular complexity index is 1270. The van der Waals surface area contributed by atoms with E-state index in [4.69, 9.17) is 0 Å². The highest BCUT2D eigenvalue weighted by Crippen LogP contribution is 2.19. The Morgan fingerprint density at radius 2 is 1.79 bits per heavy atom. The first-order chi connectivity index (χ1) is 16.1. The molecular weight excluding hydrogens is 419 g/mol. The Morgan fingerprint density at radius 3 is 2.58 bits per heavy atom. The maximum absolute atomic E-state index is 13.5. The third kappa shape index (κ3) is 6.07. The molecule has 0 aliphatic rings. The molecule has 166 valence electrons. The molecular formula is C24H23FN8. The molecule has 33 heavy (non-hydrogen) atoms. The fourth-order valence-electron chi connectivity index (χ4n) is 3.08. The molecule has 3 N–H and O–H groups in total. The van der Waals surface area contributed by atoms with Gasteiger partial charge in [-0.2, -0.15) is 20.1 Å². The third-order valence-corrected chi connectivity index (χ3v) is 4.66. The first-order valence-electron chi connectivity index (χ1n) is 10.4. The molecule has 0 bridgehead atoms. The van der Waals surface area contributed by atoms with E-state index in [0.29, 0.717) is 29.1 Å². The molecule has 0 saturated carbocycles. The average molecular weight is 443 g/mol. The molecule has 1 unspecified atom stereocenters. The van der Waals surface area contributed by atoms with Gasteiger partial charge in [0.25, 0.3) is 0 Å². The van der Waals surface area contributed by atoms with Crippen LogP contribution >= 0.6 is 0 Å². The van der Waals surface area contributed by atoms with E-state index < -0.39 is 0 Å². The fourth-order valence-corrected chi connectivity index (χ4v) is 3.08. The largest absolute Gasteiger partial charge is 0.348 e. The van der Waals surface area contributed by atoms with Crippen LogP contribution < -0.4 is 10.6 Å². The predicted octanol–water partition coefficient (Wildman–Crippen LogP) is 5.25. The monoisotopic (exact) mass is 442 g/mol. The van der Waals surface area contributed by atoms with E-state index in [2.05, 4.69) is 40.8 Å². The van der Waals surface area contributed by atoms with Crippen LogP contribution in [0.2, 0.25) is 0 Å². The summed E-state index contributed by atoms with van der Waals surface area (Å²) in [5.41, 5.74) is 2.60. The summed E-state index contributed by atoms with van der Waals surface area (Å²) < 4.78 is 13.5. The van der Waals surface area contributed by atoms with Gasteiger partial charge in [-0.3, -0.25) is 10.1 Å². The lowest BCUT2D eigenvalue weighted by atomic mass is 10.1. The molecule has 3 heterocycles. The van der Waals surface area contributed by atoms with E-state index in [0.717, 1.165) is 11.3 Å². The summed E-state index contributed by atoms with van der Waals surface area (Å²) in [5, 5.41) is 13.5. The Balaban J connectivity index is 1.62. The Hall–Kier alpha value is -4.40. The lowest BCUT2D eigenvalue weighted by molar-refractivity contribution is 0.627. The first-order valence-corrected chi connectivity index (χ1v) is 10.4. The van der Waals surface area contributed by atoms with Crippen LogP contribution in [0.5, 0.6) is 0 Å². The third-order valence-electron chi connectivity index (χ3n) is 4.66. The van der Waals surface area contributed by atoms with Gasteiger partial charge in [0.15, 0.2) is 11.6 Å². The minimum atomic E-state index is -0.306. The smallest absolute Gasteiger partial charge is 0.233 e. The van der Waals surface area contributed by atoms with E-state index in [1.165, 1.54) is 12.1 Å². The number of aromatic amines is 1. The van der Waals surface area contributed by atoms with Crippen LogP contribution in [0.4, 0.5) is 22.1 Å². The van der Waals surface area contributed by atoms with Crippen molar-refractivity contribution in [2.24, 2.45) is 0 Å². The molecule has 0 aliphatic heterocycles. The normalized spacial score (nSPS) is 12.3. The minimum Gasteiger partial charge on any atom is -0.348 e. The van der Waals surface area contributed by atoms with Crippen LogP contribution in [-0.4, -0.2) is 30.1 Å². The highest BCUT2D eigenvalue weighted by Gasteiger charge is 2.11. The van der Waals surface area contributed by atoms with E-state index >= 15 is 0 Å². The number of hydrogen-bond acceptors (Lipinski definition) is 7. The van der Waals surface area contributed by atoms with Gasteiger partial charge in [0.1, 0.15) is 5.82 Å². The van der Waals surface area contributed by atoms with Crippen LogP contribution in [0.3, 0.4) is 0 Å². The quantitative estimate of drug-likeness (QED) is 0.342. The Morgan fingerprint density at radius 1 is 0.970 bits per heavy atom. The fraction of sp³-hybridized carbons (Fsp3) is 0.125. The van der Waals surface area contributed by atoms with Gasteiger partial charge in [0.05, 0.1) is 11.7 Å². The molecule has 3 aromatic heterocycles. The van der Waals surface area contributed by atoms with Gasteiger partial charge in [0, 0.05) is 18.5 Å². The Kier molecular flexibility index (Phi) is 6.79. The number of allylic oxidation sites excluding steroid dienone is 1. The molecule has 0 aliphatic carbocycles. The molecule has 0 saturated heterocycles. The molecule has 0 radical (unpaired) electrons. The van der Waals surface area contributed by atoms with Crippen LogP contribution in [0.15, 0.2) is 60.9 Å². The van der Waals surface area contributed by atoms with Gasteiger partial charge < -0.3 is 10.6 Å². The zero-order chi connectivity index (χ0) is 23.0. The zero-order valence-corrected chi connectivity index (χ0v) is 18.2. The number of anilines is 3. The Labute approximate surface area is 190 Å². The predicted molar refractivity (Wildman–Crippen MR) is 128 cm³/mol. The van der Waals surface area contributed by atoms with Crippen LogP contribution in [0.25, 0.3) is 18.2 Å². The van der Waals surface area contributed by atoms with Gasteiger partial charge >= 0.3 is 0 Å². The number of rotatable bonds is 8. The summed E-state index contributed by atoms with van der Waals surface area (Å²) in [6.45, 7) is 3.94. The van der Waals surface area contributed by atoms with E-state index in [9.17, 15) is 4.39 Å². The van der Waals surface area contributed by atoms with Crippen molar-refractivity contribution in [2.75, 3.05) is 10.6 Å². The van der Waals surface area contributed by atoms with Crippen molar-refractivity contribution < 1.29 is 4.39 Å². The van der Waals surface area contributed by atoms with Crippen molar-refractivity contribution in [1.29, 1.82) is 0 Å². The highest BCUT2D eigenvalue weighted by atomic mass is 19.1. The topological polar surface area (TPSA) is 104 Å². The number of pyridine rings is 1. The molecule has 0 spiro atoms. The summed E-state index contributed by atoms with van der Waals surface area (Å²) in [4.78, 5) is 17.5. The summed E-state index contributed by atoms with van der Waals surface area (Å²) in [5.74, 6) is 1.39. The second-order valence-corrected chi connectivity index (χ2v) is 7.21. The lowest BCUT2D eigenvalue weighted by Crippen LogP contribution is -2.12. The molecule has 4 rings (SSSR count). The SMILES string of the molecule is C/C=C/c1cc(Nc2nc(/C=C/c3cccc(F)c3)nc(NC(C)c3ccncc3)n2)n[nH]1. The number of aromatic nitrogens is 6. The minimum absolute atomic E-state index is 0.0602. The highest BCUT2D eigenvalue weighted by molar-refractivity contribution is 5.67. The van der Waals surface area contributed by atoms with E-state index in [-0.39, 0.29) is 11.9 Å². The van der Waals surface area contributed by atoms with Crippen molar-refractivity contribution in [3.05, 3.63) is 89.4 Å². The number of nitrogens with one attached hydrogen (secondary N) is 3. The molecule has 1 aromatic carbocycles. The molecule has 1 atom stereocenters. The number of H-pyrrole nitrogens is 1. The van der Waals surface area contributed by atoms with Crippen molar-refractivity contribution >= 4 is 35.9 Å². The van der Waals surface area contributed by atoms with Gasteiger partial charge in [-0.1, -0.05) is 24.3 Å². The van der Waals surface area contributed by atoms with Gasteiger partial charge in [-0.15, -0.1) is 0 Å². The van der Waals surface area contributed by atoms with E-state index in [1.807, 2.05) is 44.2 Å². The molecule has 0 fully saturated rings. The number of hydrogen-bond donors (Lipinski definition) is 3. The van der Waals surface area contributed by atoms with Gasteiger partial charge in [0.2, 0.25) is 11.9 Å². The lowest BCUT2D eigenvalue weighted by Gasteiger charge is -2.14. The summed E-state index contributed by atoms with van der Waals surface area (Å²) in [6, 6.07) is 11.9. The second kappa shape index (κ2) is 10.3. The van der Waals surface area contributed by atoms with Crippen LogP contribution in [0, 0.1) is 5.82 Å². The van der Waals surface area contributed by atoms with Crippen LogP contribution in [0.1, 0.15) is 42.5 Å². The molecule has 0 amide bonds. The first kappa shape index (κ1) is 21.8. The standard InChI is InChI=1S/C24H23FN8/c1-3-5-20-15-22(33-32-20)30-24-29-21(9-8-17-6-4-7-19(25)14-17)28-23(31-24)27-16(2)18-10-12-26-13-11-18/h3-16H,1-2H3,(H3,27,28,29,30,31,32,33)/b5-3+,9-8+. The number of halogens is 1. The summed E-state index contributed by atoms with van der Waals surface area (Å²) in [7, 11) is 0. The van der Waals surface area contributed by atoms with Gasteiger partial charge in [-0.05, 0) is 61.4 Å². The zero-order valence-electron chi connectivity index (χ0n) is 18.2. The summed E-state index contributed by atoms with van der Waals surface area (Å²) in [6.07, 6.45) is 10.7. The van der Waals surface area contributed by atoms with Crippen molar-refractivity contribution in [3.8, 4) is 0 Å². The van der Waals surface area contributed by atoms with Crippen molar-refractivity contribution in [1.82, 2.24) is 30.1 Å². The molecule has 8 nitrogen and oxygen atoms in total.